The molecule has 0 saturated heterocycles. The summed E-state index contributed by atoms with van der Waals surface area (Å²) >= 11 is 0. The van der Waals surface area contributed by atoms with Crippen LogP contribution in [-0.2, 0) is 20.7 Å². The Balaban J connectivity index is 2.66. The van der Waals surface area contributed by atoms with Crippen molar-refractivity contribution in [3.05, 3.63) is 35.9 Å². The van der Waals surface area contributed by atoms with Gasteiger partial charge in [-0.2, -0.15) is 0 Å². The van der Waals surface area contributed by atoms with E-state index in [0.29, 0.717) is 24.1 Å². The molecule has 0 aliphatic heterocycles. The molecule has 23 heavy (non-hydrogen) atoms. The number of allylic oxidation sites excluding steroid dienone is 1. The van der Waals surface area contributed by atoms with Gasteiger partial charge in [-0.3, -0.25) is 5.32 Å². The van der Waals surface area contributed by atoms with Crippen molar-refractivity contribution in [1.82, 2.24) is 0 Å². The van der Waals surface area contributed by atoms with Gasteiger partial charge in [-0.05, 0) is 57.4 Å². The number of hydrogen-bond donors (Lipinski definition) is 2. The van der Waals surface area contributed by atoms with Crippen molar-refractivity contribution in [3.63, 3.8) is 0 Å². The molecule has 0 aliphatic carbocycles. The smallest absolute Gasteiger partial charge is 0.412 e. The molecular formula is C17H23NO5. The van der Waals surface area contributed by atoms with Crippen molar-refractivity contribution in [2.24, 2.45) is 0 Å². The topological polar surface area (TPSA) is 84.9 Å². The van der Waals surface area contributed by atoms with E-state index < -0.39 is 17.7 Å². The number of rotatable bonds is 5. The predicted octanol–water partition coefficient (Wildman–Crippen LogP) is 3.40. The Kier molecular flexibility index (Phi) is 6.63. The second kappa shape index (κ2) is 8.22. The number of amides is 1. The maximum atomic E-state index is 11.7. The highest BCUT2D eigenvalue weighted by molar-refractivity contribution is 5.85. The lowest BCUT2D eigenvalue weighted by atomic mass is 10.1. The lowest BCUT2D eigenvalue weighted by Crippen LogP contribution is -2.27. The van der Waals surface area contributed by atoms with Gasteiger partial charge in [0.25, 0.3) is 0 Å². The number of carbonyl (C=O) groups excluding carboxylic acids is 2. The van der Waals surface area contributed by atoms with E-state index in [1.165, 1.54) is 19.3 Å². The van der Waals surface area contributed by atoms with Crippen molar-refractivity contribution >= 4 is 17.7 Å². The number of nitrogens with one attached hydrogen (secondary N) is 1. The van der Waals surface area contributed by atoms with E-state index in [0.717, 1.165) is 0 Å². The largest absolute Gasteiger partial charge is 0.508 e. The summed E-state index contributed by atoms with van der Waals surface area (Å²) in [5, 5.41) is 12.5. The van der Waals surface area contributed by atoms with Crippen LogP contribution in [0.1, 0.15) is 32.8 Å². The van der Waals surface area contributed by atoms with Gasteiger partial charge in [0.15, 0.2) is 0 Å². The number of aromatic hydroxyl groups is 1. The first-order valence-electron chi connectivity index (χ1n) is 7.27. The van der Waals surface area contributed by atoms with Crippen molar-refractivity contribution in [2.75, 3.05) is 12.4 Å². The van der Waals surface area contributed by atoms with Crippen molar-refractivity contribution < 1.29 is 24.2 Å². The van der Waals surface area contributed by atoms with Gasteiger partial charge in [-0.1, -0.05) is 6.08 Å². The summed E-state index contributed by atoms with van der Waals surface area (Å²) < 4.78 is 9.67. The Morgan fingerprint density at radius 1 is 1.30 bits per heavy atom. The van der Waals surface area contributed by atoms with Crippen molar-refractivity contribution in [1.29, 1.82) is 0 Å². The number of anilines is 1. The molecule has 0 bridgehead atoms. The van der Waals surface area contributed by atoms with E-state index in [1.807, 2.05) is 0 Å². The zero-order valence-corrected chi connectivity index (χ0v) is 13.9. The predicted molar refractivity (Wildman–Crippen MR) is 87.4 cm³/mol. The Morgan fingerprint density at radius 3 is 2.61 bits per heavy atom. The fraction of sp³-hybridized carbons (Fsp3) is 0.412. The van der Waals surface area contributed by atoms with Crippen LogP contribution in [0.5, 0.6) is 5.75 Å². The fourth-order valence-electron chi connectivity index (χ4n) is 1.77. The molecule has 0 aliphatic rings. The summed E-state index contributed by atoms with van der Waals surface area (Å²) in [5.41, 5.74) is 0.611. The molecule has 6 nitrogen and oxygen atoms in total. The second-order valence-corrected chi connectivity index (χ2v) is 5.93. The highest BCUT2D eigenvalue weighted by Gasteiger charge is 2.16. The number of aryl methyl sites for hydroxylation is 1. The second-order valence-electron chi connectivity index (χ2n) is 5.93. The van der Waals surface area contributed by atoms with E-state index in [-0.39, 0.29) is 5.75 Å². The molecule has 1 aromatic rings. The molecule has 0 heterocycles. The van der Waals surface area contributed by atoms with Crippen LogP contribution in [0.3, 0.4) is 0 Å². The minimum Gasteiger partial charge on any atom is -0.508 e. The molecule has 0 spiro atoms. The molecule has 0 aromatic heterocycles. The van der Waals surface area contributed by atoms with Gasteiger partial charge < -0.3 is 14.6 Å². The number of phenols is 1. The van der Waals surface area contributed by atoms with E-state index in [9.17, 15) is 14.7 Å². The first-order chi connectivity index (χ1) is 10.7. The quantitative estimate of drug-likeness (QED) is 0.493. The van der Waals surface area contributed by atoms with E-state index in [1.54, 1.807) is 39.0 Å². The molecule has 0 unspecified atom stereocenters. The van der Waals surface area contributed by atoms with Crippen LogP contribution < -0.4 is 5.32 Å². The van der Waals surface area contributed by atoms with Crippen LogP contribution >= 0.6 is 0 Å². The average molecular weight is 321 g/mol. The summed E-state index contributed by atoms with van der Waals surface area (Å²) in [6, 6.07) is 4.77. The summed E-state index contributed by atoms with van der Waals surface area (Å²) in [7, 11) is 1.31. The maximum absolute atomic E-state index is 11.7. The van der Waals surface area contributed by atoms with Crippen LogP contribution in [0.2, 0.25) is 0 Å². The number of benzene rings is 1. The van der Waals surface area contributed by atoms with Crippen LogP contribution in [0.25, 0.3) is 0 Å². The SMILES string of the molecule is COC(=O)/C=C/CCc1cc(NC(=O)OC(C)(C)C)ccc1O. The standard InChI is InChI=1S/C17H23NO5/c1-17(2,3)23-16(21)18-13-9-10-14(19)12(11-13)7-5-6-8-15(20)22-4/h6,8-11,19H,5,7H2,1-4H3,(H,18,21)/b8-6+. The molecule has 1 aromatic carbocycles. The van der Waals surface area contributed by atoms with Gasteiger partial charge in [0.05, 0.1) is 7.11 Å². The van der Waals surface area contributed by atoms with Crippen molar-refractivity contribution in [3.8, 4) is 5.75 Å². The summed E-state index contributed by atoms with van der Waals surface area (Å²) in [6.07, 6.45) is 3.51. The van der Waals surface area contributed by atoms with Gasteiger partial charge in [0.2, 0.25) is 0 Å². The molecule has 0 atom stereocenters. The first kappa shape index (κ1) is 18.5. The number of esters is 1. The molecule has 6 heteroatoms. The Hall–Kier alpha value is -2.50. The van der Waals surface area contributed by atoms with Crippen molar-refractivity contribution in [2.45, 2.75) is 39.2 Å². The molecule has 0 fully saturated rings. The highest BCUT2D eigenvalue weighted by atomic mass is 16.6. The Morgan fingerprint density at radius 2 is 2.00 bits per heavy atom. The minimum atomic E-state index is -0.581. The highest BCUT2D eigenvalue weighted by Crippen LogP contribution is 2.23. The third-order valence-electron chi connectivity index (χ3n) is 2.76. The van der Waals surface area contributed by atoms with Gasteiger partial charge in [-0.15, -0.1) is 0 Å². The zero-order valence-electron chi connectivity index (χ0n) is 13.9. The van der Waals surface area contributed by atoms with Crippen LogP contribution in [-0.4, -0.2) is 29.9 Å². The summed E-state index contributed by atoms with van der Waals surface area (Å²) in [4.78, 5) is 22.7. The maximum Gasteiger partial charge on any atom is 0.412 e. The van der Waals surface area contributed by atoms with E-state index in [2.05, 4.69) is 10.1 Å². The monoisotopic (exact) mass is 321 g/mol. The average Bonchev–Trinajstić information content (AvgIpc) is 2.44. The van der Waals surface area contributed by atoms with E-state index >= 15 is 0 Å². The van der Waals surface area contributed by atoms with Crippen LogP contribution in [0.4, 0.5) is 10.5 Å². The van der Waals surface area contributed by atoms with Crippen LogP contribution in [0.15, 0.2) is 30.4 Å². The number of methoxy groups -OCH3 is 1. The lowest BCUT2D eigenvalue weighted by molar-refractivity contribution is -0.134. The van der Waals surface area contributed by atoms with Gasteiger partial charge in [-0.25, -0.2) is 9.59 Å². The van der Waals surface area contributed by atoms with Gasteiger partial charge >= 0.3 is 12.1 Å². The molecule has 126 valence electrons. The van der Waals surface area contributed by atoms with Gasteiger partial charge in [0.1, 0.15) is 11.4 Å². The Bertz CT molecular complexity index is 587. The number of carbonyl (C=O) groups is 2. The summed E-state index contributed by atoms with van der Waals surface area (Å²) in [6.45, 7) is 5.34. The molecule has 0 radical (unpaired) electrons. The molecule has 1 amide bonds. The van der Waals surface area contributed by atoms with Crippen LogP contribution in [0, 0.1) is 0 Å². The normalized spacial score (nSPS) is 11.3. The lowest BCUT2D eigenvalue weighted by Gasteiger charge is -2.19. The fourth-order valence-corrected chi connectivity index (χ4v) is 1.77. The third kappa shape index (κ3) is 7.35. The first-order valence-corrected chi connectivity index (χ1v) is 7.27. The molecule has 1 rings (SSSR count). The summed E-state index contributed by atoms with van der Waals surface area (Å²) in [5.74, 6) is -0.291. The number of phenolic OH excluding ortho intramolecular Hbond substituents is 1. The Labute approximate surface area is 136 Å². The molecule has 0 saturated carbocycles. The number of hydrogen-bond acceptors (Lipinski definition) is 5. The number of ether oxygens (including phenoxy) is 2. The molecule has 2 N–H and O–H groups in total. The van der Waals surface area contributed by atoms with Gasteiger partial charge in [0, 0.05) is 11.8 Å². The third-order valence-corrected chi connectivity index (χ3v) is 2.76. The zero-order chi connectivity index (χ0) is 17.5. The minimum absolute atomic E-state index is 0.131. The van der Waals surface area contributed by atoms with E-state index in [4.69, 9.17) is 4.74 Å². The molecular weight excluding hydrogens is 298 g/mol.